The maximum Gasteiger partial charge on any atom is 0.0694 e. The van der Waals surface area contributed by atoms with Crippen molar-refractivity contribution in [3.8, 4) is 0 Å². The van der Waals surface area contributed by atoms with Crippen LogP contribution in [0.3, 0.4) is 0 Å². The van der Waals surface area contributed by atoms with E-state index in [0.29, 0.717) is 5.92 Å². The van der Waals surface area contributed by atoms with Crippen LogP contribution in [0, 0.1) is 0 Å². The van der Waals surface area contributed by atoms with Crippen molar-refractivity contribution in [3.05, 3.63) is 17.5 Å². The summed E-state index contributed by atoms with van der Waals surface area (Å²) in [5.41, 5.74) is 2.46. The van der Waals surface area contributed by atoms with Gasteiger partial charge in [-0.3, -0.25) is 4.68 Å². The average molecular weight is 225 g/mol. The molecular weight excluding hydrogens is 202 g/mol. The number of rotatable bonds is 6. The van der Waals surface area contributed by atoms with Gasteiger partial charge < -0.3 is 10.1 Å². The lowest BCUT2D eigenvalue weighted by molar-refractivity contribution is 0.117. The lowest BCUT2D eigenvalue weighted by Crippen LogP contribution is -2.25. The standard InChI is InChI=1S/C12H23N3O/c1-9(2)12-11(8-15(4)14-12)7-13-6-10(3)16-5/h8-10,13H,6-7H2,1-5H3. The van der Waals surface area contributed by atoms with E-state index in [1.807, 2.05) is 11.7 Å². The molecule has 0 spiro atoms. The van der Waals surface area contributed by atoms with E-state index in [-0.39, 0.29) is 6.10 Å². The smallest absolute Gasteiger partial charge is 0.0694 e. The van der Waals surface area contributed by atoms with Crippen LogP contribution in [0.25, 0.3) is 0 Å². The Bertz CT molecular complexity index is 320. The Morgan fingerprint density at radius 2 is 2.12 bits per heavy atom. The third kappa shape index (κ3) is 3.61. The minimum Gasteiger partial charge on any atom is -0.380 e. The zero-order valence-electron chi connectivity index (χ0n) is 10.9. The van der Waals surface area contributed by atoms with Crippen molar-refractivity contribution in [3.63, 3.8) is 0 Å². The first-order chi connectivity index (χ1) is 7.54. The molecule has 0 fully saturated rings. The normalized spacial score (nSPS) is 13.4. The van der Waals surface area contributed by atoms with E-state index in [4.69, 9.17) is 4.74 Å². The van der Waals surface area contributed by atoms with Gasteiger partial charge in [-0.1, -0.05) is 13.8 Å². The molecule has 1 unspecified atom stereocenters. The van der Waals surface area contributed by atoms with Crippen LogP contribution in [0.15, 0.2) is 6.20 Å². The first kappa shape index (κ1) is 13.2. The van der Waals surface area contributed by atoms with Crippen molar-refractivity contribution in [2.75, 3.05) is 13.7 Å². The molecule has 4 heteroatoms. The van der Waals surface area contributed by atoms with E-state index in [0.717, 1.165) is 13.1 Å². The molecular formula is C12H23N3O. The topological polar surface area (TPSA) is 39.1 Å². The van der Waals surface area contributed by atoms with Gasteiger partial charge in [0.1, 0.15) is 0 Å². The molecule has 0 saturated carbocycles. The highest BCUT2D eigenvalue weighted by Crippen LogP contribution is 2.16. The van der Waals surface area contributed by atoms with Gasteiger partial charge in [0.15, 0.2) is 0 Å². The summed E-state index contributed by atoms with van der Waals surface area (Å²) in [7, 11) is 3.70. The second-order valence-electron chi connectivity index (χ2n) is 4.55. The van der Waals surface area contributed by atoms with Crippen molar-refractivity contribution >= 4 is 0 Å². The van der Waals surface area contributed by atoms with Gasteiger partial charge in [-0.05, 0) is 12.8 Å². The molecule has 1 atom stereocenters. The molecule has 92 valence electrons. The van der Waals surface area contributed by atoms with Gasteiger partial charge in [0.25, 0.3) is 0 Å². The largest absolute Gasteiger partial charge is 0.380 e. The van der Waals surface area contributed by atoms with Crippen molar-refractivity contribution in [1.29, 1.82) is 0 Å². The lowest BCUT2D eigenvalue weighted by Gasteiger charge is -2.11. The molecule has 1 N–H and O–H groups in total. The number of ether oxygens (including phenoxy) is 1. The highest BCUT2D eigenvalue weighted by molar-refractivity contribution is 5.19. The summed E-state index contributed by atoms with van der Waals surface area (Å²) in [5.74, 6) is 0.470. The SMILES string of the molecule is COC(C)CNCc1cn(C)nc1C(C)C. The molecule has 0 aliphatic carbocycles. The number of hydrogen-bond acceptors (Lipinski definition) is 3. The van der Waals surface area contributed by atoms with Gasteiger partial charge in [-0.2, -0.15) is 5.10 Å². The molecule has 0 radical (unpaired) electrons. The molecule has 4 nitrogen and oxygen atoms in total. The molecule has 1 aromatic heterocycles. The van der Waals surface area contributed by atoms with Gasteiger partial charge in [0, 0.05) is 39.0 Å². The Morgan fingerprint density at radius 1 is 1.44 bits per heavy atom. The number of aromatic nitrogens is 2. The van der Waals surface area contributed by atoms with E-state index in [1.54, 1.807) is 7.11 Å². The predicted octanol–water partition coefficient (Wildman–Crippen LogP) is 1.67. The zero-order valence-corrected chi connectivity index (χ0v) is 10.9. The van der Waals surface area contributed by atoms with Gasteiger partial charge in [-0.15, -0.1) is 0 Å². The number of aryl methyl sites for hydroxylation is 1. The highest BCUT2D eigenvalue weighted by Gasteiger charge is 2.11. The number of methoxy groups -OCH3 is 1. The van der Waals surface area contributed by atoms with Crippen LogP contribution < -0.4 is 5.32 Å². The van der Waals surface area contributed by atoms with Crippen LogP contribution >= 0.6 is 0 Å². The Balaban J connectivity index is 2.53. The van der Waals surface area contributed by atoms with Crippen molar-refractivity contribution in [2.24, 2.45) is 7.05 Å². The van der Waals surface area contributed by atoms with Crippen LogP contribution in [0.2, 0.25) is 0 Å². The lowest BCUT2D eigenvalue weighted by atomic mass is 10.1. The van der Waals surface area contributed by atoms with Crippen LogP contribution in [-0.4, -0.2) is 29.5 Å². The molecule has 1 heterocycles. The quantitative estimate of drug-likeness (QED) is 0.800. The summed E-state index contributed by atoms with van der Waals surface area (Å²) in [6, 6.07) is 0. The summed E-state index contributed by atoms with van der Waals surface area (Å²) in [5, 5.41) is 7.86. The van der Waals surface area contributed by atoms with E-state index in [1.165, 1.54) is 11.3 Å². The monoisotopic (exact) mass is 225 g/mol. The summed E-state index contributed by atoms with van der Waals surface area (Å²) >= 11 is 0. The molecule has 1 rings (SSSR count). The number of nitrogens with one attached hydrogen (secondary N) is 1. The molecule has 0 amide bonds. The van der Waals surface area contributed by atoms with Crippen molar-refractivity contribution < 1.29 is 4.74 Å². The minimum absolute atomic E-state index is 0.249. The third-order valence-electron chi connectivity index (χ3n) is 2.63. The molecule has 0 saturated heterocycles. The number of hydrogen-bond donors (Lipinski definition) is 1. The van der Waals surface area contributed by atoms with Crippen LogP contribution in [0.4, 0.5) is 0 Å². The van der Waals surface area contributed by atoms with Crippen LogP contribution in [0.5, 0.6) is 0 Å². The minimum atomic E-state index is 0.249. The van der Waals surface area contributed by atoms with E-state index < -0.39 is 0 Å². The molecule has 16 heavy (non-hydrogen) atoms. The molecule has 0 aliphatic heterocycles. The first-order valence-corrected chi connectivity index (χ1v) is 5.80. The summed E-state index contributed by atoms with van der Waals surface area (Å²) in [4.78, 5) is 0. The number of nitrogens with zero attached hydrogens (tertiary/aromatic N) is 2. The molecule has 0 aromatic carbocycles. The summed E-state index contributed by atoms with van der Waals surface area (Å²) < 4.78 is 7.07. The molecule has 0 aliphatic rings. The first-order valence-electron chi connectivity index (χ1n) is 5.80. The Kier molecular flexibility index (Phi) is 4.96. The fraction of sp³-hybridized carbons (Fsp3) is 0.750. The second-order valence-corrected chi connectivity index (χ2v) is 4.55. The van der Waals surface area contributed by atoms with E-state index in [9.17, 15) is 0 Å². The third-order valence-corrected chi connectivity index (χ3v) is 2.63. The maximum absolute atomic E-state index is 5.19. The highest BCUT2D eigenvalue weighted by atomic mass is 16.5. The summed E-state index contributed by atoms with van der Waals surface area (Å²) in [6.07, 6.45) is 2.33. The Labute approximate surface area is 98.0 Å². The maximum atomic E-state index is 5.19. The van der Waals surface area contributed by atoms with Crippen LogP contribution in [0.1, 0.15) is 37.9 Å². The van der Waals surface area contributed by atoms with Gasteiger partial charge in [0.05, 0.1) is 11.8 Å². The van der Waals surface area contributed by atoms with E-state index in [2.05, 4.69) is 37.4 Å². The zero-order chi connectivity index (χ0) is 12.1. The Morgan fingerprint density at radius 3 is 2.69 bits per heavy atom. The van der Waals surface area contributed by atoms with Crippen molar-refractivity contribution in [1.82, 2.24) is 15.1 Å². The van der Waals surface area contributed by atoms with Gasteiger partial charge >= 0.3 is 0 Å². The second kappa shape index (κ2) is 6.01. The van der Waals surface area contributed by atoms with E-state index >= 15 is 0 Å². The summed E-state index contributed by atoms with van der Waals surface area (Å²) in [6.45, 7) is 8.12. The molecule has 0 bridgehead atoms. The van der Waals surface area contributed by atoms with Crippen molar-refractivity contribution in [2.45, 2.75) is 39.3 Å². The fourth-order valence-corrected chi connectivity index (χ4v) is 1.67. The molecule has 1 aromatic rings. The van der Waals surface area contributed by atoms with Gasteiger partial charge in [0.2, 0.25) is 0 Å². The van der Waals surface area contributed by atoms with Crippen LogP contribution in [-0.2, 0) is 18.3 Å². The fourth-order valence-electron chi connectivity index (χ4n) is 1.67. The average Bonchev–Trinajstić information content (AvgIpc) is 2.59. The van der Waals surface area contributed by atoms with Gasteiger partial charge in [-0.25, -0.2) is 0 Å². The Hall–Kier alpha value is -0.870. The predicted molar refractivity (Wildman–Crippen MR) is 65.5 cm³/mol.